The topological polar surface area (TPSA) is 114 Å². The van der Waals surface area contributed by atoms with Crippen LogP contribution in [-0.4, -0.2) is 33.4 Å². The third kappa shape index (κ3) is 1.53. The van der Waals surface area contributed by atoms with Crippen molar-refractivity contribution in [1.82, 2.24) is 0 Å². The molecule has 21 heavy (non-hydrogen) atoms. The van der Waals surface area contributed by atoms with Crippen LogP contribution in [0.25, 0.3) is 21.9 Å². The smallest absolute Gasteiger partial charge is 0.205 e. The Morgan fingerprint density at radius 2 is 1.38 bits per heavy atom. The van der Waals surface area contributed by atoms with Crippen LogP contribution in [0, 0.1) is 6.92 Å². The molecule has 0 saturated heterocycles. The zero-order valence-electron chi connectivity index (χ0n) is 11.0. The molecule has 6 nitrogen and oxygen atoms in total. The monoisotopic (exact) mass is 352 g/mol. The van der Waals surface area contributed by atoms with Gasteiger partial charge >= 0.3 is 0 Å². The van der Waals surface area contributed by atoms with E-state index in [1.807, 2.05) is 0 Å². The molecule has 5 N–H and O–H groups in total. The predicted molar refractivity (Wildman–Crippen MR) is 82.7 cm³/mol. The molecule has 0 fully saturated rings. The van der Waals surface area contributed by atoms with Crippen LogP contribution >= 0.6 is 15.9 Å². The van der Waals surface area contributed by atoms with Crippen LogP contribution in [0.2, 0.25) is 0 Å². The summed E-state index contributed by atoms with van der Waals surface area (Å²) in [6.45, 7) is 1.52. The van der Waals surface area contributed by atoms with Crippen molar-refractivity contribution in [3.05, 3.63) is 10.0 Å². The Morgan fingerprint density at radius 1 is 0.810 bits per heavy atom. The van der Waals surface area contributed by atoms with Gasteiger partial charge in [0.1, 0.15) is 13.6 Å². The molecule has 2 aromatic carbocycles. The normalized spacial score (nSPS) is 11.5. The highest BCUT2D eigenvalue weighted by atomic mass is 79.9. The molecule has 0 atom stereocenters. The van der Waals surface area contributed by atoms with Crippen molar-refractivity contribution in [2.75, 3.05) is 0 Å². The maximum atomic E-state index is 10.1. The molecule has 0 aliphatic carbocycles. The van der Waals surface area contributed by atoms with Crippen molar-refractivity contribution in [3.63, 3.8) is 0 Å². The first-order valence-electron chi connectivity index (χ1n) is 5.97. The van der Waals surface area contributed by atoms with E-state index in [1.54, 1.807) is 7.85 Å². The van der Waals surface area contributed by atoms with Crippen LogP contribution in [0.5, 0.6) is 28.7 Å². The van der Waals surface area contributed by atoms with Crippen molar-refractivity contribution in [1.29, 1.82) is 0 Å². The molecular weight excluding hydrogens is 343 g/mol. The standard InChI is InChI=1S/C13H10BBrO6/c1-2-7(16)5(14)3-4-6(15)9(18)10(19)11(20)13(4)21-12(3)8(2)17/h16-20H,14H2,1H3. The molecular formula is C13H10BBrO6. The average molecular weight is 353 g/mol. The van der Waals surface area contributed by atoms with Crippen LogP contribution in [0.3, 0.4) is 0 Å². The third-order valence-electron chi connectivity index (χ3n) is 3.66. The van der Waals surface area contributed by atoms with E-state index in [9.17, 15) is 25.5 Å². The van der Waals surface area contributed by atoms with Crippen LogP contribution < -0.4 is 5.46 Å². The van der Waals surface area contributed by atoms with Gasteiger partial charge in [0.25, 0.3) is 0 Å². The van der Waals surface area contributed by atoms with Gasteiger partial charge in [0.15, 0.2) is 22.7 Å². The van der Waals surface area contributed by atoms with Gasteiger partial charge in [0.2, 0.25) is 11.5 Å². The lowest BCUT2D eigenvalue weighted by Gasteiger charge is -2.08. The Kier molecular flexibility index (Phi) is 2.71. The molecule has 3 aromatic rings. The third-order valence-corrected chi connectivity index (χ3v) is 4.43. The van der Waals surface area contributed by atoms with Crippen molar-refractivity contribution in [2.45, 2.75) is 6.92 Å². The van der Waals surface area contributed by atoms with Gasteiger partial charge < -0.3 is 29.9 Å². The molecule has 1 heterocycles. The molecule has 0 bridgehead atoms. The van der Waals surface area contributed by atoms with Crippen molar-refractivity contribution >= 4 is 51.2 Å². The summed E-state index contributed by atoms with van der Waals surface area (Å²) in [7, 11) is 1.62. The second-order valence-electron chi connectivity index (χ2n) is 4.82. The molecule has 0 aliphatic rings. The SMILES string of the molecule is Bc1c(O)c(C)c(O)c2oc3c(O)c(O)c(O)c(Br)c3c12. The number of rotatable bonds is 0. The molecule has 0 radical (unpaired) electrons. The number of halogens is 1. The summed E-state index contributed by atoms with van der Waals surface area (Å²) in [6.07, 6.45) is 0. The number of aromatic hydroxyl groups is 5. The Bertz CT molecular complexity index is 856. The molecule has 8 heteroatoms. The van der Waals surface area contributed by atoms with Gasteiger partial charge in [-0.3, -0.25) is 0 Å². The van der Waals surface area contributed by atoms with Gasteiger partial charge in [0.05, 0.1) is 9.86 Å². The maximum Gasteiger partial charge on any atom is 0.205 e. The minimum atomic E-state index is -0.730. The highest BCUT2D eigenvalue weighted by molar-refractivity contribution is 9.10. The number of furan rings is 1. The lowest BCUT2D eigenvalue weighted by atomic mass is 9.87. The molecule has 108 valence electrons. The second-order valence-corrected chi connectivity index (χ2v) is 5.61. The summed E-state index contributed by atoms with van der Waals surface area (Å²) in [6, 6.07) is 0. The lowest BCUT2D eigenvalue weighted by Crippen LogP contribution is -2.06. The number of hydrogen-bond acceptors (Lipinski definition) is 6. The van der Waals surface area contributed by atoms with E-state index in [4.69, 9.17) is 4.42 Å². The highest BCUT2D eigenvalue weighted by Crippen LogP contribution is 2.51. The first-order valence-corrected chi connectivity index (χ1v) is 6.76. The second kappa shape index (κ2) is 4.14. The lowest BCUT2D eigenvalue weighted by molar-refractivity contribution is 0.366. The van der Waals surface area contributed by atoms with Gasteiger partial charge in [-0.1, -0.05) is 0 Å². The summed E-state index contributed by atoms with van der Waals surface area (Å²) in [5, 5.41) is 50.1. The van der Waals surface area contributed by atoms with Gasteiger partial charge in [-0.2, -0.15) is 0 Å². The van der Waals surface area contributed by atoms with Crippen molar-refractivity contribution < 1.29 is 29.9 Å². The summed E-state index contributed by atoms with van der Waals surface area (Å²) in [4.78, 5) is 0. The van der Waals surface area contributed by atoms with E-state index in [-0.39, 0.29) is 38.1 Å². The summed E-state index contributed by atoms with van der Waals surface area (Å²) in [5.74, 6) is -2.30. The van der Waals surface area contributed by atoms with E-state index in [0.717, 1.165) is 0 Å². The first kappa shape index (κ1) is 13.8. The van der Waals surface area contributed by atoms with Gasteiger partial charge in [-0.25, -0.2) is 0 Å². The van der Waals surface area contributed by atoms with E-state index < -0.39 is 17.2 Å². The van der Waals surface area contributed by atoms with E-state index in [1.165, 1.54) is 6.92 Å². The Morgan fingerprint density at radius 3 is 2.00 bits per heavy atom. The van der Waals surface area contributed by atoms with Crippen LogP contribution in [0.4, 0.5) is 0 Å². The number of phenolic OH excluding ortho intramolecular Hbond substituents is 5. The quantitative estimate of drug-likeness (QED) is 0.309. The molecule has 0 unspecified atom stereocenters. The average Bonchev–Trinajstić information content (AvgIpc) is 2.87. The van der Waals surface area contributed by atoms with Gasteiger partial charge in [0, 0.05) is 10.9 Å². The zero-order valence-corrected chi connectivity index (χ0v) is 12.6. The zero-order chi connectivity index (χ0) is 15.6. The van der Waals surface area contributed by atoms with Crippen molar-refractivity contribution in [3.8, 4) is 28.7 Å². The molecule has 0 spiro atoms. The van der Waals surface area contributed by atoms with Gasteiger partial charge in [-0.15, -0.1) is 0 Å². The fraction of sp³-hybridized carbons (Fsp3) is 0.0769. The first-order chi connectivity index (χ1) is 9.77. The minimum absolute atomic E-state index is 0.0544. The fourth-order valence-corrected chi connectivity index (χ4v) is 3.02. The Balaban J connectivity index is 2.73. The summed E-state index contributed by atoms with van der Waals surface area (Å²) >= 11 is 3.12. The Hall–Kier alpha value is -2.22. The van der Waals surface area contributed by atoms with Crippen molar-refractivity contribution in [2.24, 2.45) is 0 Å². The van der Waals surface area contributed by atoms with E-state index in [0.29, 0.717) is 10.8 Å². The van der Waals surface area contributed by atoms with E-state index >= 15 is 0 Å². The molecule has 0 saturated carbocycles. The number of hydrogen-bond donors (Lipinski definition) is 5. The molecule has 0 aliphatic heterocycles. The van der Waals surface area contributed by atoms with E-state index in [2.05, 4.69) is 15.9 Å². The number of benzene rings is 2. The summed E-state index contributed by atoms with van der Waals surface area (Å²) < 4.78 is 5.53. The molecule has 1 aromatic heterocycles. The Labute approximate surface area is 127 Å². The minimum Gasteiger partial charge on any atom is -0.508 e. The predicted octanol–water partition coefficient (Wildman–Crippen LogP) is 1.44. The maximum absolute atomic E-state index is 10.1. The fourth-order valence-electron chi connectivity index (χ4n) is 2.46. The number of phenols is 5. The highest BCUT2D eigenvalue weighted by Gasteiger charge is 2.26. The molecule has 3 rings (SSSR count). The van der Waals surface area contributed by atoms with Crippen LogP contribution in [0.1, 0.15) is 5.56 Å². The van der Waals surface area contributed by atoms with Crippen LogP contribution in [0.15, 0.2) is 8.89 Å². The largest absolute Gasteiger partial charge is 0.508 e. The number of fused-ring (bicyclic) bond motifs is 3. The van der Waals surface area contributed by atoms with Crippen LogP contribution in [-0.2, 0) is 0 Å². The van der Waals surface area contributed by atoms with Gasteiger partial charge in [-0.05, 0) is 28.3 Å². The molecule has 0 amide bonds. The summed E-state index contributed by atoms with van der Waals surface area (Å²) in [5.41, 5.74) is 0.613.